The fraction of sp³-hybridized carbons (Fsp3) is 0.292. The zero-order chi connectivity index (χ0) is 21.9. The quantitative estimate of drug-likeness (QED) is 0.317. The number of hydrogen-bond donors (Lipinski definition) is 1. The minimum atomic E-state index is -0.947. The number of hydrogen-bond acceptors (Lipinski definition) is 5. The molecule has 0 aliphatic carbocycles. The smallest absolute Gasteiger partial charge is 0.335 e. The van der Waals surface area contributed by atoms with Crippen molar-refractivity contribution >= 4 is 18.1 Å². The predicted molar refractivity (Wildman–Crippen MR) is 117 cm³/mol. The van der Waals surface area contributed by atoms with Gasteiger partial charge in [-0.25, -0.2) is 4.79 Å². The predicted octanol–water partition coefficient (Wildman–Crippen LogP) is 5.03. The summed E-state index contributed by atoms with van der Waals surface area (Å²) < 4.78 is 21.8. The van der Waals surface area contributed by atoms with E-state index in [0.29, 0.717) is 17.9 Å². The summed E-state index contributed by atoms with van der Waals surface area (Å²) in [5.74, 6) is 0.394. The van der Waals surface area contributed by atoms with E-state index in [9.17, 15) is 4.79 Å². The van der Waals surface area contributed by atoms with E-state index in [1.807, 2.05) is 38.1 Å². The number of carboxylic acid groups (broad SMARTS) is 1. The van der Waals surface area contributed by atoms with Crippen molar-refractivity contribution in [2.45, 2.75) is 20.3 Å². The van der Waals surface area contributed by atoms with E-state index in [1.165, 1.54) is 5.57 Å². The zero-order valence-corrected chi connectivity index (χ0v) is 17.8. The fourth-order valence-corrected chi connectivity index (χ4v) is 2.68. The van der Waals surface area contributed by atoms with Gasteiger partial charge in [0, 0.05) is 19.8 Å². The van der Waals surface area contributed by atoms with Crippen molar-refractivity contribution in [3.05, 3.63) is 70.3 Å². The number of rotatable bonds is 11. The third kappa shape index (κ3) is 7.06. The van der Waals surface area contributed by atoms with E-state index < -0.39 is 5.97 Å². The molecule has 2 rings (SSSR count). The van der Waals surface area contributed by atoms with Crippen LogP contribution < -0.4 is 9.47 Å². The fourth-order valence-electron chi connectivity index (χ4n) is 2.68. The standard InChI is InChI=1S/C24H28O6/c1-17(2)5-12-21-22(29-15-27-3)13-19(14-23(21)30-16-28-4)7-6-18-8-10-20(11-9-18)24(25)26/h5-11,13-14H,12,15-16H2,1-4H3,(H,25,26). The maximum Gasteiger partial charge on any atom is 0.335 e. The van der Waals surface area contributed by atoms with Gasteiger partial charge in [-0.3, -0.25) is 0 Å². The third-order valence-electron chi connectivity index (χ3n) is 4.20. The number of carbonyl (C=O) groups is 1. The minimum absolute atomic E-state index is 0.120. The summed E-state index contributed by atoms with van der Waals surface area (Å²) in [6.07, 6.45) is 6.58. The zero-order valence-electron chi connectivity index (χ0n) is 17.8. The van der Waals surface area contributed by atoms with Crippen LogP contribution >= 0.6 is 0 Å². The van der Waals surface area contributed by atoms with Crippen molar-refractivity contribution in [1.29, 1.82) is 0 Å². The molecule has 0 atom stereocenters. The van der Waals surface area contributed by atoms with Crippen LogP contribution in [0.4, 0.5) is 0 Å². The third-order valence-corrected chi connectivity index (χ3v) is 4.20. The molecule has 0 aliphatic rings. The van der Waals surface area contributed by atoms with Crippen LogP contribution in [0.15, 0.2) is 48.0 Å². The number of methoxy groups -OCH3 is 2. The maximum absolute atomic E-state index is 11.0. The maximum atomic E-state index is 11.0. The highest BCUT2D eigenvalue weighted by atomic mass is 16.7. The molecule has 30 heavy (non-hydrogen) atoms. The van der Waals surface area contributed by atoms with Gasteiger partial charge in [-0.05, 0) is 55.7 Å². The molecule has 0 aromatic heterocycles. The van der Waals surface area contributed by atoms with Gasteiger partial charge in [-0.15, -0.1) is 0 Å². The highest BCUT2D eigenvalue weighted by Gasteiger charge is 2.13. The summed E-state index contributed by atoms with van der Waals surface area (Å²) in [6.45, 7) is 4.32. The second kappa shape index (κ2) is 11.8. The van der Waals surface area contributed by atoms with Gasteiger partial charge in [0.25, 0.3) is 0 Å². The SMILES string of the molecule is COCOc1cc(C=Cc2ccc(C(=O)O)cc2)cc(OCOC)c1CC=C(C)C. The Kier molecular flexibility index (Phi) is 9.12. The Morgan fingerprint density at radius 3 is 1.90 bits per heavy atom. The van der Waals surface area contributed by atoms with Gasteiger partial charge >= 0.3 is 5.97 Å². The van der Waals surface area contributed by atoms with E-state index in [0.717, 1.165) is 16.7 Å². The number of allylic oxidation sites excluding steroid dienone is 2. The van der Waals surface area contributed by atoms with Gasteiger partial charge < -0.3 is 24.1 Å². The van der Waals surface area contributed by atoms with Crippen molar-refractivity contribution in [2.75, 3.05) is 27.8 Å². The lowest BCUT2D eigenvalue weighted by molar-refractivity contribution is 0.0448. The average molecular weight is 412 g/mol. The summed E-state index contributed by atoms with van der Waals surface area (Å²) in [6, 6.07) is 10.5. The molecule has 1 N–H and O–H groups in total. The monoisotopic (exact) mass is 412 g/mol. The lowest BCUT2D eigenvalue weighted by Gasteiger charge is -2.16. The van der Waals surface area contributed by atoms with Crippen LogP contribution in [0.25, 0.3) is 12.2 Å². The van der Waals surface area contributed by atoms with Crippen LogP contribution in [0.2, 0.25) is 0 Å². The van der Waals surface area contributed by atoms with Gasteiger partial charge in [-0.1, -0.05) is 35.9 Å². The molecule has 0 saturated heterocycles. The molecule has 160 valence electrons. The molecule has 0 heterocycles. The molecule has 2 aromatic rings. The highest BCUT2D eigenvalue weighted by Crippen LogP contribution is 2.33. The molecule has 0 unspecified atom stereocenters. The molecule has 2 aromatic carbocycles. The van der Waals surface area contributed by atoms with E-state index >= 15 is 0 Å². The first kappa shape index (κ1) is 23.2. The highest BCUT2D eigenvalue weighted by molar-refractivity contribution is 5.88. The van der Waals surface area contributed by atoms with E-state index in [2.05, 4.69) is 6.08 Å². The van der Waals surface area contributed by atoms with Crippen molar-refractivity contribution < 1.29 is 28.8 Å². The second-order valence-corrected chi connectivity index (χ2v) is 6.84. The van der Waals surface area contributed by atoms with Crippen molar-refractivity contribution in [3.8, 4) is 11.5 Å². The van der Waals surface area contributed by atoms with Gasteiger partial charge in [0.15, 0.2) is 13.6 Å². The lowest BCUT2D eigenvalue weighted by Crippen LogP contribution is -2.06. The first-order valence-corrected chi connectivity index (χ1v) is 9.49. The first-order valence-electron chi connectivity index (χ1n) is 9.49. The Labute approximate surface area is 177 Å². The van der Waals surface area contributed by atoms with Crippen molar-refractivity contribution in [1.82, 2.24) is 0 Å². The largest absolute Gasteiger partial charge is 0.478 e. The number of carboxylic acids is 1. The normalized spacial score (nSPS) is 10.8. The Hall–Kier alpha value is -3.09. The number of benzene rings is 2. The van der Waals surface area contributed by atoms with Crippen molar-refractivity contribution in [3.63, 3.8) is 0 Å². The molecular formula is C24H28O6. The van der Waals surface area contributed by atoms with Crippen LogP contribution in [0.1, 0.15) is 40.9 Å². The summed E-state index contributed by atoms with van der Waals surface area (Å²) >= 11 is 0. The summed E-state index contributed by atoms with van der Waals surface area (Å²) in [5, 5.41) is 9.02. The van der Waals surface area contributed by atoms with Gasteiger partial charge in [0.2, 0.25) is 0 Å². The van der Waals surface area contributed by atoms with E-state index in [-0.39, 0.29) is 19.1 Å². The topological polar surface area (TPSA) is 74.2 Å². The molecule has 6 heteroatoms. The Balaban J connectivity index is 2.39. The van der Waals surface area contributed by atoms with Gasteiger partial charge in [0.05, 0.1) is 5.56 Å². The van der Waals surface area contributed by atoms with Gasteiger partial charge in [-0.2, -0.15) is 0 Å². The van der Waals surface area contributed by atoms with Crippen LogP contribution in [-0.4, -0.2) is 38.9 Å². The Morgan fingerprint density at radius 1 is 0.900 bits per heavy atom. The minimum Gasteiger partial charge on any atom is -0.478 e. The average Bonchev–Trinajstić information content (AvgIpc) is 2.73. The molecule has 0 amide bonds. The Morgan fingerprint density at radius 2 is 1.43 bits per heavy atom. The van der Waals surface area contributed by atoms with Crippen LogP contribution in [0.3, 0.4) is 0 Å². The van der Waals surface area contributed by atoms with Crippen molar-refractivity contribution in [2.24, 2.45) is 0 Å². The van der Waals surface area contributed by atoms with E-state index in [1.54, 1.807) is 38.5 Å². The Bertz CT molecular complexity index is 863. The lowest BCUT2D eigenvalue weighted by atomic mass is 10.0. The molecule has 0 aliphatic heterocycles. The molecule has 6 nitrogen and oxygen atoms in total. The van der Waals surface area contributed by atoms with Crippen LogP contribution in [-0.2, 0) is 15.9 Å². The van der Waals surface area contributed by atoms with Crippen LogP contribution in [0.5, 0.6) is 11.5 Å². The molecule has 0 bridgehead atoms. The second-order valence-electron chi connectivity index (χ2n) is 6.84. The summed E-state index contributed by atoms with van der Waals surface area (Å²) in [7, 11) is 3.14. The summed E-state index contributed by atoms with van der Waals surface area (Å²) in [4.78, 5) is 11.0. The molecular weight excluding hydrogens is 384 g/mol. The summed E-state index contributed by atoms with van der Waals surface area (Å²) in [5.41, 5.74) is 4.11. The molecule has 0 fully saturated rings. The van der Waals surface area contributed by atoms with Gasteiger partial charge in [0.1, 0.15) is 11.5 Å². The number of aromatic carboxylic acids is 1. The van der Waals surface area contributed by atoms with E-state index in [4.69, 9.17) is 24.1 Å². The molecule has 0 saturated carbocycles. The van der Waals surface area contributed by atoms with Crippen LogP contribution in [0, 0.1) is 0 Å². The number of ether oxygens (including phenoxy) is 4. The molecule has 0 radical (unpaired) electrons. The molecule has 0 spiro atoms. The first-order chi connectivity index (χ1) is 14.4.